The molecule has 0 radical (unpaired) electrons. The van der Waals surface area contributed by atoms with E-state index >= 15 is 0 Å². The standard InChI is InChI=1S/C17H14BrFN4O/c18-13-6-7-16(23-11-20-10-21-23)15(9-13)22-17(24)8-5-12-3-1-2-4-14(12)19/h1-4,6-7,9-11H,5,8H2,(H,22,24). The van der Waals surface area contributed by atoms with Crippen LogP contribution in [0.25, 0.3) is 5.69 Å². The number of carbonyl (C=O) groups is 1. The summed E-state index contributed by atoms with van der Waals surface area (Å²) in [4.78, 5) is 16.1. The number of benzene rings is 2. The van der Waals surface area contributed by atoms with Crippen molar-refractivity contribution in [3.05, 3.63) is 71.0 Å². The lowest BCUT2D eigenvalue weighted by atomic mass is 10.1. The molecule has 1 heterocycles. The molecule has 0 aliphatic heterocycles. The van der Waals surface area contributed by atoms with Crippen LogP contribution >= 0.6 is 15.9 Å². The van der Waals surface area contributed by atoms with Gasteiger partial charge in [-0.3, -0.25) is 4.79 Å². The first-order valence-corrected chi connectivity index (χ1v) is 8.10. The zero-order valence-corrected chi connectivity index (χ0v) is 14.2. The van der Waals surface area contributed by atoms with Gasteiger partial charge in [0.15, 0.2) is 0 Å². The average molecular weight is 389 g/mol. The zero-order valence-electron chi connectivity index (χ0n) is 12.6. The minimum atomic E-state index is -0.295. The Labute approximate surface area is 146 Å². The van der Waals surface area contributed by atoms with Gasteiger partial charge in [0, 0.05) is 10.9 Å². The number of hydrogen-bond acceptors (Lipinski definition) is 3. The van der Waals surface area contributed by atoms with Gasteiger partial charge in [0.2, 0.25) is 5.91 Å². The third-order valence-electron chi connectivity index (χ3n) is 3.48. The van der Waals surface area contributed by atoms with Gasteiger partial charge in [-0.2, -0.15) is 5.10 Å². The molecule has 5 nitrogen and oxygen atoms in total. The fourth-order valence-corrected chi connectivity index (χ4v) is 2.66. The predicted molar refractivity (Wildman–Crippen MR) is 92.4 cm³/mol. The maximum atomic E-state index is 13.6. The van der Waals surface area contributed by atoms with E-state index in [9.17, 15) is 9.18 Å². The molecular weight excluding hydrogens is 375 g/mol. The molecule has 0 spiro atoms. The van der Waals surface area contributed by atoms with Gasteiger partial charge in [0.25, 0.3) is 0 Å². The Bertz CT molecular complexity index is 852. The average Bonchev–Trinajstić information content (AvgIpc) is 3.08. The Morgan fingerprint density at radius 2 is 2.08 bits per heavy atom. The van der Waals surface area contributed by atoms with Gasteiger partial charge in [-0.15, -0.1) is 0 Å². The largest absolute Gasteiger partial charge is 0.324 e. The van der Waals surface area contributed by atoms with Crippen LogP contribution in [0.4, 0.5) is 10.1 Å². The molecule has 24 heavy (non-hydrogen) atoms. The number of aromatic nitrogens is 3. The quantitative estimate of drug-likeness (QED) is 0.723. The van der Waals surface area contributed by atoms with Gasteiger partial charge in [0.1, 0.15) is 18.5 Å². The Morgan fingerprint density at radius 3 is 2.83 bits per heavy atom. The monoisotopic (exact) mass is 388 g/mol. The summed E-state index contributed by atoms with van der Waals surface area (Å²) in [5.74, 6) is -0.492. The minimum absolute atomic E-state index is 0.185. The highest BCUT2D eigenvalue weighted by Crippen LogP contribution is 2.24. The van der Waals surface area contributed by atoms with Crippen molar-refractivity contribution in [3.63, 3.8) is 0 Å². The van der Waals surface area contributed by atoms with Crippen molar-refractivity contribution in [2.24, 2.45) is 0 Å². The van der Waals surface area contributed by atoms with Crippen molar-refractivity contribution in [2.75, 3.05) is 5.32 Å². The van der Waals surface area contributed by atoms with Crippen LogP contribution < -0.4 is 5.32 Å². The van der Waals surface area contributed by atoms with Crippen LogP contribution in [0.15, 0.2) is 59.6 Å². The van der Waals surface area contributed by atoms with E-state index in [0.717, 1.165) is 4.47 Å². The number of amides is 1. The highest BCUT2D eigenvalue weighted by atomic mass is 79.9. The molecule has 2 aromatic carbocycles. The molecule has 3 aromatic rings. The van der Waals surface area contributed by atoms with Crippen molar-refractivity contribution >= 4 is 27.5 Å². The molecule has 0 saturated carbocycles. The van der Waals surface area contributed by atoms with E-state index < -0.39 is 0 Å². The Balaban J connectivity index is 1.72. The fraction of sp³-hybridized carbons (Fsp3) is 0.118. The van der Waals surface area contributed by atoms with Crippen molar-refractivity contribution in [1.82, 2.24) is 14.8 Å². The molecule has 0 aliphatic rings. The van der Waals surface area contributed by atoms with Gasteiger partial charge < -0.3 is 5.32 Å². The summed E-state index contributed by atoms with van der Waals surface area (Å²) < 4.78 is 16.0. The number of anilines is 1. The van der Waals surface area contributed by atoms with Gasteiger partial charge in [-0.05, 0) is 36.2 Å². The van der Waals surface area contributed by atoms with E-state index in [4.69, 9.17) is 0 Å². The Kier molecular flexibility index (Phi) is 5.00. The minimum Gasteiger partial charge on any atom is -0.324 e. The first kappa shape index (κ1) is 16.3. The predicted octanol–water partition coefficient (Wildman–Crippen LogP) is 3.74. The Hall–Kier alpha value is -2.54. The van der Waals surface area contributed by atoms with E-state index in [2.05, 4.69) is 31.3 Å². The summed E-state index contributed by atoms with van der Waals surface area (Å²) in [7, 11) is 0. The molecular formula is C17H14BrFN4O. The van der Waals surface area contributed by atoms with Crippen LogP contribution in [0.2, 0.25) is 0 Å². The maximum absolute atomic E-state index is 13.6. The number of aryl methyl sites for hydroxylation is 1. The second-order valence-electron chi connectivity index (χ2n) is 5.14. The van der Waals surface area contributed by atoms with Crippen molar-refractivity contribution in [2.45, 2.75) is 12.8 Å². The first-order chi connectivity index (χ1) is 11.6. The van der Waals surface area contributed by atoms with E-state index in [1.165, 1.54) is 12.4 Å². The van der Waals surface area contributed by atoms with Crippen LogP contribution in [0.5, 0.6) is 0 Å². The number of nitrogens with zero attached hydrogens (tertiary/aromatic N) is 3. The molecule has 0 unspecified atom stereocenters. The summed E-state index contributed by atoms with van der Waals surface area (Å²) in [6.45, 7) is 0. The van der Waals surface area contributed by atoms with Crippen molar-refractivity contribution in [3.8, 4) is 5.69 Å². The second kappa shape index (κ2) is 7.35. The van der Waals surface area contributed by atoms with Crippen LogP contribution in [-0.4, -0.2) is 20.7 Å². The van der Waals surface area contributed by atoms with Crippen molar-refractivity contribution in [1.29, 1.82) is 0 Å². The topological polar surface area (TPSA) is 59.8 Å². The van der Waals surface area contributed by atoms with Gasteiger partial charge in [-0.25, -0.2) is 14.1 Å². The third-order valence-corrected chi connectivity index (χ3v) is 3.97. The summed E-state index contributed by atoms with van der Waals surface area (Å²) in [6, 6.07) is 11.9. The smallest absolute Gasteiger partial charge is 0.224 e. The lowest BCUT2D eigenvalue weighted by Gasteiger charge is -2.11. The van der Waals surface area contributed by atoms with Crippen LogP contribution in [0.3, 0.4) is 0 Å². The summed E-state index contributed by atoms with van der Waals surface area (Å²) in [5, 5.41) is 6.93. The molecule has 1 amide bonds. The lowest BCUT2D eigenvalue weighted by molar-refractivity contribution is -0.116. The fourth-order valence-electron chi connectivity index (χ4n) is 2.30. The third kappa shape index (κ3) is 3.86. The molecule has 0 aliphatic carbocycles. The van der Waals surface area contributed by atoms with E-state index in [1.54, 1.807) is 35.3 Å². The van der Waals surface area contributed by atoms with E-state index in [-0.39, 0.29) is 18.1 Å². The number of carbonyl (C=O) groups excluding carboxylic acids is 1. The number of halogens is 2. The van der Waals surface area contributed by atoms with E-state index in [0.29, 0.717) is 23.4 Å². The molecule has 0 bridgehead atoms. The zero-order chi connectivity index (χ0) is 16.9. The molecule has 122 valence electrons. The molecule has 1 N–H and O–H groups in total. The van der Waals surface area contributed by atoms with Gasteiger partial charge >= 0.3 is 0 Å². The number of hydrogen-bond donors (Lipinski definition) is 1. The maximum Gasteiger partial charge on any atom is 0.224 e. The molecule has 3 rings (SSSR count). The highest BCUT2D eigenvalue weighted by Gasteiger charge is 2.11. The lowest BCUT2D eigenvalue weighted by Crippen LogP contribution is -2.14. The van der Waals surface area contributed by atoms with Crippen molar-refractivity contribution < 1.29 is 9.18 Å². The molecule has 7 heteroatoms. The molecule has 0 fully saturated rings. The molecule has 0 atom stereocenters. The first-order valence-electron chi connectivity index (χ1n) is 7.31. The summed E-state index contributed by atoms with van der Waals surface area (Å²) >= 11 is 3.39. The van der Waals surface area contributed by atoms with Gasteiger partial charge in [-0.1, -0.05) is 34.1 Å². The molecule has 1 aromatic heterocycles. The summed E-state index contributed by atoms with van der Waals surface area (Å²) in [5.41, 5.74) is 1.83. The van der Waals surface area contributed by atoms with E-state index in [1.807, 2.05) is 12.1 Å². The summed E-state index contributed by atoms with van der Waals surface area (Å²) in [6.07, 6.45) is 3.50. The molecule has 0 saturated heterocycles. The SMILES string of the molecule is O=C(CCc1ccccc1F)Nc1cc(Br)ccc1-n1cncn1. The van der Waals surface area contributed by atoms with Crippen LogP contribution in [0, 0.1) is 5.82 Å². The normalized spacial score (nSPS) is 10.6. The van der Waals surface area contributed by atoms with Crippen LogP contribution in [-0.2, 0) is 11.2 Å². The second-order valence-corrected chi connectivity index (χ2v) is 6.06. The van der Waals surface area contributed by atoms with Crippen LogP contribution in [0.1, 0.15) is 12.0 Å². The highest BCUT2D eigenvalue weighted by molar-refractivity contribution is 9.10. The Morgan fingerprint density at radius 1 is 1.25 bits per heavy atom. The number of nitrogens with one attached hydrogen (secondary N) is 1. The number of rotatable bonds is 5. The van der Waals surface area contributed by atoms with Gasteiger partial charge in [0.05, 0.1) is 11.4 Å².